The summed E-state index contributed by atoms with van der Waals surface area (Å²) in [4.78, 5) is 129. The van der Waals surface area contributed by atoms with E-state index in [1.54, 1.807) is 37.8 Å². The molecular weight excluding hydrogens is 1060 g/mol. The van der Waals surface area contributed by atoms with Gasteiger partial charge in [0.25, 0.3) is 17.7 Å². The second kappa shape index (κ2) is 24.8. The van der Waals surface area contributed by atoms with Crippen LogP contribution in [0.5, 0.6) is 0 Å². The van der Waals surface area contributed by atoms with Crippen LogP contribution in [0, 0.1) is 17.3 Å². The number of ether oxygens (including phenoxy) is 1. The van der Waals surface area contributed by atoms with Gasteiger partial charge in [-0.05, 0) is 84.9 Å². The van der Waals surface area contributed by atoms with Crippen LogP contribution in [0.3, 0.4) is 0 Å². The van der Waals surface area contributed by atoms with Crippen LogP contribution in [0.15, 0.2) is 72.8 Å². The summed E-state index contributed by atoms with van der Waals surface area (Å²) in [6.07, 6.45) is 7.13. The maximum atomic E-state index is 14.8. The van der Waals surface area contributed by atoms with Crippen LogP contribution in [0.1, 0.15) is 151 Å². The van der Waals surface area contributed by atoms with Gasteiger partial charge in [-0.3, -0.25) is 53.1 Å². The minimum Gasteiger partial charge on any atom is -0.366 e. The van der Waals surface area contributed by atoms with Gasteiger partial charge in [-0.25, -0.2) is 0 Å². The average Bonchev–Trinajstić information content (AvgIpc) is 4.17. The Labute approximate surface area is 460 Å². The highest BCUT2D eigenvalue weighted by Gasteiger charge is 2.51. The van der Waals surface area contributed by atoms with Gasteiger partial charge in [-0.2, -0.15) is 8.78 Å². The predicted octanol–water partition coefficient (Wildman–Crippen LogP) is 6.96. The van der Waals surface area contributed by atoms with Crippen molar-refractivity contribution in [3.05, 3.63) is 105 Å². The molecule has 3 aromatic carbocycles. The largest absolute Gasteiger partial charge is 0.399 e. The number of hydrogen-bond donors (Lipinski definition) is 5. The van der Waals surface area contributed by atoms with Crippen molar-refractivity contribution in [2.24, 2.45) is 5.41 Å². The Hall–Kier alpha value is -6.69. The van der Waals surface area contributed by atoms with Gasteiger partial charge >= 0.3 is 13.3 Å². The van der Waals surface area contributed by atoms with Gasteiger partial charge in [-0.15, -0.1) is 11.3 Å². The van der Waals surface area contributed by atoms with Crippen molar-refractivity contribution in [3.8, 4) is 11.8 Å². The molecule has 3 fully saturated rings. The number of unbranched alkanes of at least 4 members (excludes halogenated alkanes) is 6. The van der Waals surface area contributed by atoms with Crippen molar-refractivity contribution in [1.29, 1.82) is 0 Å². The average molecular weight is 1130 g/mol. The van der Waals surface area contributed by atoms with Crippen molar-refractivity contribution in [2.75, 3.05) is 32.8 Å². The van der Waals surface area contributed by atoms with E-state index in [0.29, 0.717) is 36.3 Å². The van der Waals surface area contributed by atoms with Crippen LogP contribution in [0.4, 0.5) is 8.78 Å². The zero-order valence-corrected chi connectivity index (χ0v) is 46.0. The monoisotopic (exact) mass is 1130 g/mol. The van der Waals surface area contributed by atoms with Crippen LogP contribution in [-0.4, -0.2) is 129 Å². The number of rotatable bonds is 19. The second-order valence-electron chi connectivity index (χ2n) is 21.7. The molecule has 4 aliphatic heterocycles. The number of thiophene rings is 1. The topological polar surface area (TPSA) is 249 Å². The first-order valence-electron chi connectivity index (χ1n) is 26.7. The van der Waals surface area contributed by atoms with E-state index >= 15 is 0 Å². The fraction of sp³-hybridized carbons (Fsp3) is 0.474. The molecule has 0 spiro atoms. The van der Waals surface area contributed by atoms with Crippen molar-refractivity contribution < 1.29 is 66.2 Å². The van der Waals surface area contributed by atoms with Gasteiger partial charge in [0.05, 0.1) is 22.1 Å². The number of benzene rings is 3. The first-order valence-corrected chi connectivity index (χ1v) is 29.1. The zero-order chi connectivity index (χ0) is 56.8. The highest BCUT2D eigenvalue weighted by molar-refractivity contribution is 7.52. The third-order valence-electron chi connectivity index (χ3n) is 14.8. The zero-order valence-electron chi connectivity index (χ0n) is 44.3. The Kier molecular flexibility index (Phi) is 18.3. The molecule has 79 heavy (non-hydrogen) atoms. The molecule has 420 valence electrons. The minimum atomic E-state index is -5.85. The Morgan fingerprint density at radius 3 is 2.33 bits per heavy atom. The van der Waals surface area contributed by atoms with Crippen molar-refractivity contribution in [2.45, 2.75) is 134 Å². The lowest BCUT2D eigenvalue weighted by molar-refractivity contribution is -0.147. The standard InChI is InChI=1S/C57H65F2N6O12PS/c1-56(2,3)49(62-51(69)46-30-38-29-39(21-24-45(38)79-46)57(58,59)78(74,75)76)55(73)64-33-40(31-44(64)54(72)63-27-15-19-37(32-63)36-17-12-10-13-18-36)77-34-48(67)60-26-14-9-7-5-4-6-8-11-16-35-20-22-41-42(28-35)53(71)65(52(41)70)43-23-25-47(66)61-50(43)68/h10,12-13,17-18,20-22,24,28-30,37,40,43-44,49H,4-9,14-15,19,23,25-27,31-34H2,1-3H3,(H,60,67)(H,62,69)(H,61,66,68)(H2,74,75,76)/t37?,40-,43?,44-,49+/m0/s1. The van der Waals surface area contributed by atoms with Gasteiger partial charge in [0.15, 0.2) is 0 Å². The molecule has 5 N–H and O–H groups in total. The molecule has 0 saturated carbocycles. The molecule has 3 saturated heterocycles. The van der Waals surface area contributed by atoms with Gasteiger partial charge in [-0.1, -0.05) is 94.7 Å². The van der Waals surface area contributed by atoms with E-state index in [4.69, 9.17) is 4.74 Å². The van der Waals surface area contributed by atoms with E-state index in [0.717, 1.165) is 85.3 Å². The molecular formula is C57H65F2N6O12PS. The fourth-order valence-corrected chi connectivity index (χ4v) is 12.0. The van der Waals surface area contributed by atoms with Crippen LogP contribution >= 0.6 is 18.9 Å². The molecule has 0 radical (unpaired) electrons. The number of alkyl halides is 2. The normalized spacial score (nSPS) is 20.2. The number of fused-ring (bicyclic) bond motifs is 2. The number of halogens is 2. The summed E-state index contributed by atoms with van der Waals surface area (Å²) in [5.74, 6) is 2.18. The first-order chi connectivity index (χ1) is 37.5. The number of nitrogens with one attached hydrogen (secondary N) is 3. The summed E-state index contributed by atoms with van der Waals surface area (Å²) in [5, 5.41) is 8.07. The number of imide groups is 2. The Balaban J connectivity index is 0.811. The van der Waals surface area contributed by atoms with E-state index in [2.05, 4.69) is 27.8 Å². The molecule has 5 atom stereocenters. The van der Waals surface area contributed by atoms with Crippen molar-refractivity contribution in [3.63, 3.8) is 0 Å². The van der Waals surface area contributed by atoms with Crippen molar-refractivity contribution >= 4 is 76.3 Å². The molecule has 1 aromatic heterocycles. The molecule has 0 aliphatic carbocycles. The van der Waals surface area contributed by atoms with E-state index < -0.39 is 83.9 Å². The third kappa shape index (κ3) is 13.7. The summed E-state index contributed by atoms with van der Waals surface area (Å²) < 4.78 is 47.3. The number of piperidine rings is 2. The van der Waals surface area contributed by atoms with E-state index in [1.807, 2.05) is 30.3 Å². The lowest BCUT2D eigenvalue weighted by Gasteiger charge is -2.38. The van der Waals surface area contributed by atoms with E-state index in [9.17, 15) is 61.5 Å². The number of nitrogens with zero attached hydrogens (tertiary/aromatic N) is 3. The lowest BCUT2D eigenvalue weighted by Crippen LogP contribution is -2.58. The molecule has 2 unspecified atom stereocenters. The number of amides is 8. The molecule has 4 aliphatic rings. The number of carbonyl (C=O) groups is 8. The Morgan fingerprint density at radius 1 is 0.886 bits per heavy atom. The Bertz CT molecular complexity index is 3130. The first kappa shape index (κ1) is 58.5. The summed E-state index contributed by atoms with van der Waals surface area (Å²) in [5.41, 5.74) is -4.20. The van der Waals surface area contributed by atoms with Gasteiger partial charge in [0, 0.05) is 67.2 Å². The number of likely N-dealkylation sites (tertiary alicyclic amines) is 2. The van der Waals surface area contributed by atoms with Crippen LogP contribution in [-0.2, 0) is 38.9 Å². The minimum absolute atomic E-state index is 0.0316. The summed E-state index contributed by atoms with van der Waals surface area (Å²) in [6, 6.07) is 15.9. The van der Waals surface area contributed by atoms with E-state index in [-0.39, 0.29) is 71.5 Å². The van der Waals surface area contributed by atoms with Gasteiger partial charge in [0.1, 0.15) is 24.7 Å². The number of carbonyl (C=O) groups excluding carboxylic acids is 8. The molecule has 22 heteroatoms. The summed E-state index contributed by atoms with van der Waals surface area (Å²) in [7, 11) is -5.85. The second-order valence-corrected chi connectivity index (χ2v) is 24.4. The number of hydrogen-bond acceptors (Lipinski definition) is 11. The Morgan fingerprint density at radius 2 is 1.61 bits per heavy atom. The molecule has 5 heterocycles. The van der Waals surface area contributed by atoms with Crippen LogP contribution in [0.25, 0.3) is 10.1 Å². The molecule has 8 rings (SSSR count). The molecule has 4 aromatic rings. The maximum Gasteiger partial charge on any atom is 0.399 e. The summed E-state index contributed by atoms with van der Waals surface area (Å²) in [6.45, 7) is 6.30. The maximum absolute atomic E-state index is 14.8. The smallest absolute Gasteiger partial charge is 0.366 e. The summed E-state index contributed by atoms with van der Waals surface area (Å²) >= 11 is 0.954. The van der Waals surface area contributed by atoms with Crippen LogP contribution in [0.2, 0.25) is 0 Å². The molecule has 0 bridgehead atoms. The molecule has 8 amide bonds. The SMILES string of the molecule is CC(C)(C)[C@H](NC(=O)c1cc2cc(C(F)(F)P(=O)(O)O)ccc2s1)C(=O)N1C[C@@H](OCC(=O)NCCCCCCCCC#Cc2ccc3c(c2)C(=O)N(C2CCC(=O)NC2=O)C3=O)C[C@H]1C(=O)N1CCCC(c2ccccc2)C1. The van der Waals surface area contributed by atoms with Gasteiger partial charge < -0.3 is 35.0 Å². The van der Waals surface area contributed by atoms with E-state index in [1.165, 1.54) is 23.1 Å². The van der Waals surface area contributed by atoms with Crippen molar-refractivity contribution in [1.82, 2.24) is 30.7 Å². The quantitative estimate of drug-likeness (QED) is 0.0277. The third-order valence-corrected chi connectivity index (χ3v) is 17.0. The fourth-order valence-electron chi connectivity index (χ4n) is 10.5. The lowest BCUT2D eigenvalue weighted by atomic mass is 9.85. The highest BCUT2D eigenvalue weighted by atomic mass is 32.1. The highest BCUT2D eigenvalue weighted by Crippen LogP contribution is 2.59. The van der Waals surface area contributed by atoms with Gasteiger partial charge in [0.2, 0.25) is 29.5 Å². The predicted molar refractivity (Wildman–Crippen MR) is 289 cm³/mol. The van der Waals surface area contributed by atoms with Crippen LogP contribution < -0.4 is 16.0 Å². The molecule has 18 nitrogen and oxygen atoms in total.